The van der Waals surface area contributed by atoms with Crippen LogP contribution >= 0.6 is 11.3 Å². The number of H-pyrrole nitrogens is 1. The monoisotopic (exact) mass is 437 g/mol. The Hall–Kier alpha value is -2.93. The van der Waals surface area contributed by atoms with E-state index < -0.39 is 0 Å². The number of aromatic amines is 1. The summed E-state index contributed by atoms with van der Waals surface area (Å²) in [6.45, 7) is 5.99. The van der Waals surface area contributed by atoms with Gasteiger partial charge in [-0.05, 0) is 64.2 Å². The Labute approximate surface area is 185 Å². The molecule has 31 heavy (non-hydrogen) atoms. The Morgan fingerprint density at radius 3 is 2.68 bits per heavy atom. The third-order valence-corrected chi connectivity index (χ3v) is 6.80. The number of hydrogen-bond acceptors (Lipinski definition) is 5. The Morgan fingerprint density at radius 1 is 1.19 bits per heavy atom. The molecule has 0 bridgehead atoms. The van der Waals surface area contributed by atoms with Gasteiger partial charge < -0.3 is 4.74 Å². The van der Waals surface area contributed by atoms with E-state index in [0.29, 0.717) is 22.7 Å². The standard InChI is InChI=1S/C24H27N3O3S/c1-4-30-24(29)21-18-8-6-5-7-9-20(18)31-22(21)25-14-19-16(3)26-27(23(19)28)17-12-10-15(2)11-13-17/h10-14,26H,4-9H2,1-3H3/b25-14+. The van der Waals surface area contributed by atoms with Gasteiger partial charge in [-0.15, -0.1) is 11.3 Å². The quantitative estimate of drug-likeness (QED) is 0.345. The van der Waals surface area contributed by atoms with E-state index in [9.17, 15) is 9.59 Å². The SMILES string of the molecule is CCOC(=O)c1c(/N=C/c2c(C)[nH]n(-c3ccc(C)cc3)c2=O)sc2c1CCCCC2. The lowest BCUT2D eigenvalue weighted by molar-refractivity contribution is 0.0526. The number of ether oxygens (including phenoxy) is 1. The molecule has 0 atom stereocenters. The van der Waals surface area contributed by atoms with E-state index in [1.165, 1.54) is 16.0 Å². The summed E-state index contributed by atoms with van der Waals surface area (Å²) in [5.41, 5.74) is 4.60. The van der Waals surface area contributed by atoms with Crippen LogP contribution in [0, 0.1) is 13.8 Å². The Kier molecular flexibility index (Phi) is 6.23. The van der Waals surface area contributed by atoms with Crippen LogP contribution in [0.3, 0.4) is 0 Å². The molecule has 0 radical (unpaired) electrons. The van der Waals surface area contributed by atoms with Gasteiger partial charge >= 0.3 is 5.97 Å². The number of aryl methyl sites for hydroxylation is 3. The highest BCUT2D eigenvalue weighted by atomic mass is 32.1. The van der Waals surface area contributed by atoms with Gasteiger partial charge in [-0.1, -0.05) is 24.1 Å². The van der Waals surface area contributed by atoms with Gasteiger partial charge in [0.05, 0.1) is 23.4 Å². The second-order valence-electron chi connectivity index (χ2n) is 7.85. The highest BCUT2D eigenvalue weighted by Crippen LogP contribution is 2.39. The molecule has 0 aliphatic heterocycles. The lowest BCUT2D eigenvalue weighted by Gasteiger charge is -2.05. The second-order valence-corrected chi connectivity index (χ2v) is 8.93. The maximum atomic E-state index is 13.0. The number of fused-ring (bicyclic) bond motifs is 1. The largest absolute Gasteiger partial charge is 0.462 e. The van der Waals surface area contributed by atoms with Crippen molar-refractivity contribution in [3.63, 3.8) is 0 Å². The minimum atomic E-state index is -0.322. The average Bonchev–Trinajstić information content (AvgIpc) is 3.13. The molecule has 1 N–H and O–H groups in total. The molecule has 2 heterocycles. The number of esters is 1. The molecule has 0 amide bonds. The van der Waals surface area contributed by atoms with Crippen molar-refractivity contribution in [2.75, 3.05) is 6.61 Å². The third-order valence-electron chi connectivity index (χ3n) is 5.60. The van der Waals surface area contributed by atoms with E-state index >= 15 is 0 Å². The normalized spacial score (nSPS) is 13.9. The van der Waals surface area contributed by atoms with Crippen LogP contribution in [-0.4, -0.2) is 28.6 Å². The van der Waals surface area contributed by atoms with E-state index in [4.69, 9.17) is 4.74 Å². The highest BCUT2D eigenvalue weighted by molar-refractivity contribution is 7.16. The summed E-state index contributed by atoms with van der Waals surface area (Å²) in [5, 5.41) is 3.76. The fourth-order valence-electron chi connectivity index (χ4n) is 3.94. The summed E-state index contributed by atoms with van der Waals surface area (Å²) in [6.07, 6.45) is 6.77. The van der Waals surface area contributed by atoms with Crippen molar-refractivity contribution in [3.8, 4) is 5.69 Å². The van der Waals surface area contributed by atoms with Crippen LogP contribution in [0.15, 0.2) is 34.1 Å². The fraction of sp³-hybridized carbons (Fsp3) is 0.375. The van der Waals surface area contributed by atoms with Crippen molar-refractivity contribution in [1.82, 2.24) is 9.78 Å². The molecule has 2 aromatic heterocycles. The number of nitrogens with zero attached hydrogens (tertiary/aromatic N) is 2. The van der Waals surface area contributed by atoms with E-state index in [1.54, 1.807) is 17.6 Å². The summed E-state index contributed by atoms with van der Waals surface area (Å²) in [4.78, 5) is 31.6. The summed E-state index contributed by atoms with van der Waals surface area (Å²) in [7, 11) is 0. The van der Waals surface area contributed by atoms with Gasteiger partial charge in [-0.2, -0.15) is 0 Å². The fourth-order valence-corrected chi connectivity index (χ4v) is 5.16. The second kappa shape index (κ2) is 9.06. The minimum absolute atomic E-state index is 0.166. The van der Waals surface area contributed by atoms with Crippen molar-refractivity contribution in [2.45, 2.75) is 52.9 Å². The lowest BCUT2D eigenvalue weighted by atomic mass is 10.1. The first-order valence-electron chi connectivity index (χ1n) is 10.7. The van der Waals surface area contributed by atoms with Crippen molar-refractivity contribution < 1.29 is 9.53 Å². The summed E-state index contributed by atoms with van der Waals surface area (Å²) < 4.78 is 6.85. The number of benzene rings is 1. The zero-order valence-electron chi connectivity index (χ0n) is 18.2. The van der Waals surface area contributed by atoms with Crippen molar-refractivity contribution in [1.29, 1.82) is 0 Å². The van der Waals surface area contributed by atoms with Gasteiger partial charge in [-0.25, -0.2) is 14.5 Å². The molecule has 0 unspecified atom stereocenters. The first-order chi connectivity index (χ1) is 15.0. The highest BCUT2D eigenvalue weighted by Gasteiger charge is 2.25. The van der Waals surface area contributed by atoms with Crippen LogP contribution < -0.4 is 5.56 Å². The molecule has 162 valence electrons. The number of aliphatic imine (C=N–C) groups is 1. The molecule has 4 rings (SSSR count). The van der Waals surface area contributed by atoms with Crippen LogP contribution in [0.4, 0.5) is 5.00 Å². The van der Waals surface area contributed by atoms with Gasteiger partial charge in [0.1, 0.15) is 5.00 Å². The summed E-state index contributed by atoms with van der Waals surface area (Å²) in [5.74, 6) is -0.322. The molecular weight excluding hydrogens is 410 g/mol. The molecule has 0 saturated heterocycles. The lowest BCUT2D eigenvalue weighted by Crippen LogP contribution is -2.17. The molecule has 1 aliphatic rings. The van der Waals surface area contributed by atoms with Crippen molar-refractivity contribution in [2.24, 2.45) is 4.99 Å². The molecule has 6 nitrogen and oxygen atoms in total. The Morgan fingerprint density at radius 2 is 1.94 bits per heavy atom. The van der Waals surface area contributed by atoms with Gasteiger partial charge in [-0.3, -0.25) is 9.89 Å². The smallest absolute Gasteiger partial charge is 0.341 e. The van der Waals surface area contributed by atoms with Gasteiger partial charge in [0.2, 0.25) is 0 Å². The molecule has 0 fully saturated rings. The molecule has 7 heteroatoms. The van der Waals surface area contributed by atoms with Crippen LogP contribution in [0.2, 0.25) is 0 Å². The van der Waals surface area contributed by atoms with E-state index in [2.05, 4.69) is 10.1 Å². The van der Waals surface area contributed by atoms with Crippen LogP contribution in [0.25, 0.3) is 5.69 Å². The number of nitrogens with one attached hydrogen (secondary N) is 1. The molecule has 0 spiro atoms. The van der Waals surface area contributed by atoms with Gasteiger partial charge in [0.15, 0.2) is 0 Å². The number of carbonyl (C=O) groups excluding carboxylic acids is 1. The molecule has 1 aromatic carbocycles. The Balaban J connectivity index is 1.73. The minimum Gasteiger partial charge on any atom is -0.462 e. The maximum absolute atomic E-state index is 13.0. The first kappa shape index (κ1) is 21.3. The van der Waals surface area contributed by atoms with E-state index in [1.807, 2.05) is 45.0 Å². The first-order valence-corrected chi connectivity index (χ1v) is 11.6. The topological polar surface area (TPSA) is 76.4 Å². The van der Waals surface area contributed by atoms with Gasteiger partial charge in [0.25, 0.3) is 5.56 Å². The average molecular weight is 438 g/mol. The number of thiophene rings is 1. The number of rotatable bonds is 5. The number of hydrogen-bond donors (Lipinski definition) is 1. The Bertz CT molecular complexity index is 1180. The van der Waals surface area contributed by atoms with Crippen molar-refractivity contribution in [3.05, 3.63) is 67.4 Å². The van der Waals surface area contributed by atoms with E-state index in [-0.39, 0.29) is 11.5 Å². The number of carbonyl (C=O) groups is 1. The molecule has 1 aliphatic carbocycles. The maximum Gasteiger partial charge on any atom is 0.341 e. The predicted octanol–water partition coefficient (Wildman–Crippen LogP) is 5.04. The zero-order valence-corrected chi connectivity index (χ0v) is 19.0. The zero-order chi connectivity index (χ0) is 22.0. The summed E-state index contributed by atoms with van der Waals surface area (Å²) >= 11 is 1.55. The molecule has 0 saturated carbocycles. The molecule has 3 aromatic rings. The van der Waals surface area contributed by atoms with E-state index in [0.717, 1.165) is 48.2 Å². The van der Waals surface area contributed by atoms with Crippen LogP contribution in [-0.2, 0) is 17.6 Å². The third kappa shape index (κ3) is 4.28. The summed E-state index contributed by atoms with van der Waals surface area (Å²) in [6, 6.07) is 7.75. The predicted molar refractivity (Wildman–Crippen MR) is 125 cm³/mol. The number of aromatic nitrogens is 2. The van der Waals surface area contributed by atoms with Crippen molar-refractivity contribution >= 4 is 28.5 Å². The van der Waals surface area contributed by atoms with Gasteiger partial charge in [0, 0.05) is 16.8 Å². The van der Waals surface area contributed by atoms with Crippen LogP contribution in [0.5, 0.6) is 0 Å². The van der Waals surface area contributed by atoms with Crippen LogP contribution in [0.1, 0.15) is 63.8 Å². The molecular formula is C24H27N3O3S.